The summed E-state index contributed by atoms with van der Waals surface area (Å²) in [5, 5.41) is 19.1. The lowest BCUT2D eigenvalue weighted by Gasteiger charge is -2.43. The highest BCUT2D eigenvalue weighted by Gasteiger charge is 2.45. The third-order valence-corrected chi connectivity index (χ3v) is 3.42. The van der Waals surface area contributed by atoms with Crippen molar-refractivity contribution < 1.29 is 19.7 Å². The third-order valence-electron chi connectivity index (χ3n) is 3.42. The van der Waals surface area contributed by atoms with Gasteiger partial charge in [0.1, 0.15) is 6.61 Å². The number of carbonyl (C=O) groups excluding carboxylic acids is 1. The zero-order valence-corrected chi connectivity index (χ0v) is 10.3. The Hall–Kier alpha value is -0.610. The number of hydrogen-bond acceptors (Lipinski definition) is 4. The monoisotopic (exact) mass is 230 g/mol. The summed E-state index contributed by atoms with van der Waals surface area (Å²) >= 11 is 0. The lowest BCUT2D eigenvalue weighted by molar-refractivity contribution is -0.257. The van der Waals surface area contributed by atoms with Crippen LogP contribution in [0.15, 0.2) is 0 Å². The molecule has 0 aromatic carbocycles. The van der Waals surface area contributed by atoms with Crippen molar-refractivity contribution in [1.82, 2.24) is 0 Å². The molecule has 0 bridgehead atoms. The van der Waals surface area contributed by atoms with Gasteiger partial charge in [-0.3, -0.25) is 0 Å². The van der Waals surface area contributed by atoms with Crippen LogP contribution in [0.1, 0.15) is 40.0 Å². The molecule has 2 N–H and O–H groups in total. The van der Waals surface area contributed by atoms with Crippen LogP contribution in [0.4, 0.5) is 0 Å². The van der Waals surface area contributed by atoms with Crippen molar-refractivity contribution >= 4 is 5.97 Å². The topological polar surface area (TPSA) is 66.8 Å². The van der Waals surface area contributed by atoms with E-state index < -0.39 is 18.4 Å². The highest BCUT2D eigenvalue weighted by molar-refractivity contribution is 5.70. The molecule has 1 aliphatic carbocycles. The van der Waals surface area contributed by atoms with Crippen LogP contribution in [0.25, 0.3) is 0 Å². The second-order valence-corrected chi connectivity index (χ2v) is 5.21. The third kappa shape index (κ3) is 2.95. The number of esters is 1. The van der Waals surface area contributed by atoms with E-state index in [1.54, 1.807) is 0 Å². The van der Waals surface area contributed by atoms with Crippen LogP contribution in [0.3, 0.4) is 0 Å². The molecule has 94 valence electrons. The maximum atomic E-state index is 11.1. The van der Waals surface area contributed by atoms with Gasteiger partial charge in [-0.05, 0) is 24.7 Å². The number of aliphatic hydroxyl groups excluding tert-OH is 1. The first-order valence-corrected chi connectivity index (χ1v) is 5.94. The molecule has 0 aliphatic heterocycles. The molecule has 1 saturated carbocycles. The Labute approximate surface area is 96.6 Å². The van der Waals surface area contributed by atoms with Gasteiger partial charge in [-0.25, -0.2) is 4.79 Å². The zero-order chi connectivity index (χ0) is 12.3. The van der Waals surface area contributed by atoms with E-state index in [1.165, 1.54) is 0 Å². The molecule has 0 aromatic heterocycles. The van der Waals surface area contributed by atoms with E-state index in [1.807, 2.05) is 20.8 Å². The van der Waals surface area contributed by atoms with Gasteiger partial charge in [-0.2, -0.15) is 0 Å². The van der Waals surface area contributed by atoms with Crippen LogP contribution in [-0.4, -0.2) is 28.6 Å². The Morgan fingerprint density at radius 1 is 1.50 bits per heavy atom. The van der Waals surface area contributed by atoms with E-state index in [4.69, 9.17) is 9.84 Å². The minimum absolute atomic E-state index is 0.0424. The average Bonchev–Trinajstić information content (AvgIpc) is 2.15. The fourth-order valence-corrected chi connectivity index (χ4v) is 2.64. The van der Waals surface area contributed by atoms with Crippen molar-refractivity contribution in [2.75, 3.05) is 6.61 Å². The summed E-state index contributed by atoms with van der Waals surface area (Å²) in [6.07, 6.45) is 2.36. The van der Waals surface area contributed by atoms with Crippen LogP contribution in [0.5, 0.6) is 0 Å². The Kier molecular flexibility index (Phi) is 4.33. The van der Waals surface area contributed by atoms with Crippen molar-refractivity contribution in [1.29, 1.82) is 0 Å². The lowest BCUT2D eigenvalue weighted by atomic mass is 9.73. The van der Waals surface area contributed by atoms with E-state index >= 15 is 0 Å². The average molecular weight is 230 g/mol. The number of rotatable bonds is 3. The summed E-state index contributed by atoms with van der Waals surface area (Å²) in [6, 6.07) is 0. The molecule has 3 atom stereocenters. The van der Waals surface area contributed by atoms with E-state index in [-0.39, 0.29) is 11.8 Å². The van der Waals surface area contributed by atoms with Gasteiger partial charge < -0.3 is 14.9 Å². The molecule has 0 radical (unpaired) electrons. The molecule has 1 aliphatic rings. The highest BCUT2D eigenvalue weighted by atomic mass is 16.7. The normalized spacial score (nSPS) is 35.1. The van der Waals surface area contributed by atoms with Gasteiger partial charge in [0.2, 0.25) is 5.79 Å². The predicted octanol–water partition coefficient (Wildman–Crippen LogP) is 1.30. The molecular formula is C12H22O4. The van der Waals surface area contributed by atoms with E-state index in [9.17, 15) is 9.90 Å². The first-order valence-electron chi connectivity index (χ1n) is 5.94. The number of ether oxygens (including phenoxy) is 1. The minimum Gasteiger partial charge on any atom is -0.431 e. The zero-order valence-electron chi connectivity index (χ0n) is 10.3. The van der Waals surface area contributed by atoms with Crippen LogP contribution in [0.2, 0.25) is 0 Å². The Bertz CT molecular complexity index is 251. The number of hydrogen-bond donors (Lipinski definition) is 2. The Balaban J connectivity index is 2.79. The largest absolute Gasteiger partial charge is 0.431 e. The van der Waals surface area contributed by atoms with E-state index in [2.05, 4.69) is 0 Å². The van der Waals surface area contributed by atoms with Gasteiger partial charge >= 0.3 is 5.97 Å². The molecule has 0 amide bonds. The molecule has 0 unspecified atom stereocenters. The molecule has 1 rings (SSSR count). The van der Waals surface area contributed by atoms with Crippen LogP contribution >= 0.6 is 0 Å². The standard InChI is InChI=1S/C12H22O4/c1-8(2)10-5-4-9(3)6-12(10,15)16-11(14)7-13/h8-10,13,15H,4-7H2,1-3H3/t9-,10+,12-/m1/s1. The predicted molar refractivity (Wildman–Crippen MR) is 59.5 cm³/mol. The van der Waals surface area contributed by atoms with Crippen molar-refractivity contribution in [2.24, 2.45) is 17.8 Å². The Morgan fingerprint density at radius 2 is 2.12 bits per heavy atom. The van der Waals surface area contributed by atoms with Gasteiger partial charge in [0.15, 0.2) is 0 Å². The Morgan fingerprint density at radius 3 is 2.62 bits per heavy atom. The smallest absolute Gasteiger partial charge is 0.334 e. The number of carbonyl (C=O) groups is 1. The summed E-state index contributed by atoms with van der Waals surface area (Å²) in [7, 11) is 0. The van der Waals surface area contributed by atoms with Crippen molar-refractivity contribution in [3.63, 3.8) is 0 Å². The second kappa shape index (κ2) is 5.15. The quantitative estimate of drug-likeness (QED) is 0.566. The summed E-state index contributed by atoms with van der Waals surface area (Å²) in [5.74, 6) is -1.59. The van der Waals surface area contributed by atoms with Gasteiger partial charge in [-0.1, -0.05) is 20.8 Å². The first kappa shape index (κ1) is 13.5. The van der Waals surface area contributed by atoms with E-state index in [0.29, 0.717) is 12.3 Å². The molecule has 0 heterocycles. The molecule has 4 nitrogen and oxygen atoms in total. The molecule has 0 spiro atoms. The SMILES string of the molecule is CC(C)[C@@H]1CC[C@@H](C)C[C@@]1(O)OC(=O)CO. The van der Waals surface area contributed by atoms with Gasteiger partial charge in [0.25, 0.3) is 0 Å². The summed E-state index contributed by atoms with van der Waals surface area (Å²) < 4.78 is 5.04. The van der Waals surface area contributed by atoms with Crippen LogP contribution in [-0.2, 0) is 9.53 Å². The van der Waals surface area contributed by atoms with Gasteiger partial charge in [0, 0.05) is 12.3 Å². The summed E-state index contributed by atoms with van der Waals surface area (Å²) in [5.41, 5.74) is 0. The van der Waals surface area contributed by atoms with Gasteiger partial charge in [-0.15, -0.1) is 0 Å². The molecule has 1 fully saturated rings. The number of aliphatic hydroxyl groups is 2. The summed E-state index contributed by atoms with van der Waals surface area (Å²) in [6.45, 7) is 5.38. The highest BCUT2D eigenvalue weighted by Crippen LogP contribution is 2.41. The maximum absolute atomic E-state index is 11.1. The molecule has 16 heavy (non-hydrogen) atoms. The van der Waals surface area contributed by atoms with Gasteiger partial charge in [0.05, 0.1) is 0 Å². The molecule has 4 heteroatoms. The maximum Gasteiger partial charge on any atom is 0.334 e. The van der Waals surface area contributed by atoms with Crippen molar-refractivity contribution in [3.8, 4) is 0 Å². The minimum atomic E-state index is -1.40. The molecule has 0 saturated heterocycles. The van der Waals surface area contributed by atoms with Crippen LogP contribution < -0.4 is 0 Å². The van der Waals surface area contributed by atoms with Crippen LogP contribution in [0, 0.1) is 17.8 Å². The van der Waals surface area contributed by atoms with E-state index in [0.717, 1.165) is 12.8 Å². The fraction of sp³-hybridized carbons (Fsp3) is 0.917. The van der Waals surface area contributed by atoms with Crippen molar-refractivity contribution in [2.45, 2.75) is 45.8 Å². The second-order valence-electron chi connectivity index (χ2n) is 5.21. The fourth-order valence-electron chi connectivity index (χ4n) is 2.64. The van der Waals surface area contributed by atoms with Crippen molar-refractivity contribution in [3.05, 3.63) is 0 Å². The molecule has 0 aromatic rings. The molecular weight excluding hydrogens is 208 g/mol. The first-order chi connectivity index (χ1) is 7.39. The summed E-state index contributed by atoms with van der Waals surface area (Å²) in [4.78, 5) is 11.1. The lowest BCUT2D eigenvalue weighted by Crippen LogP contribution is -2.49.